The van der Waals surface area contributed by atoms with E-state index in [0.717, 1.165) is 101 Å². The standard InChI is InChI=1S/C112H82BN9SSi2/c1-112(2,3)83-66-69-100-104(72-83)123-103-63-35-34-62-99(103)122(100)86-75-101-105-102(76-86)121(85-47-37-61-94(74-85)125(90-54-28-11-29-55-90,91-56-30-12-31-57-91)92-58-32-13-33-59-92)98-68-65-82(111-118-108(79-42-18-6-19-43-79)115-109(119-111)80-44-20-7-21-45-80)71-96(98)113(105)95-70-81(110-116-106(77-38-14-4-15-39-77)114-107(117-110)78-40-16-5-17-41-78)64-67-97(95)120(101)84-46-36-60-93(73-84)124(87-48-22-8-23-49-87,88-50-24-9-25-51-88)89-52-26-10-27-53-89/h4-76H,1-3H3. The van der Waals surface area contributed by atoms with Gasteiger partial charge >= 0.3 is 0 Å². The van der Waals surface area contributed by atoms with Gasteiger partial charge in [-0.15, -0.1) is 0 Å². The van der Waals surface area contributed by atoms with E-state index in [9.17, 15) is 0 Å². The normalized spacial score (nSPS) is 12.7. The van der Waals surface area contributed by atoms with Crippen LogP contribution < -0.4 is 72.6 Å². The van der Waals surface area contributed by atoms with Gasteiger partial charge in [-0.3, -0.25) is 0 Å². The van der Waals surface area contributed by atoms with Gasteiger partial charge in [-0.05, 0) is 154 Å². The van der Waals surface area contributed by atoms with E-state index in [1.165, 1.54) is 56.8 Å². The van der Waals surface area contributed by atoms with E-state index in [1.807, 2.05) is 84.6 Å². The molecule has 0 N–H and O–H groups in total. The number of rotatable bonds is 17. The summed E-state index contributed by atoms with van der Waals surface area (Å²) in [4.78, 5) is 42.8. The molecule has 5 heterocycles. The van der Waals surface area contributed by atoms with Crippen molar-refractivity contribution in [2.24, 2.45) is 0 Å². The number of anilines is 9. The summed E-state index contributed by atoms with van der Waals surface area (Å²) in [6.45, 7) is 6.45. The van der Waals surface area contributed by atoms with Gasteiger partial charge in [0.15, 0.2) is 51.1 Å². The minimum Gasteiger partial charge on any atom is -0.311 e. The number of benzene rings is 17. The molecule has 3 aliphatic rings. The van der Waals surface area contributed by atoms with Crippen molar-refractivity contribution in [3.63, 3.8) is 0 Å². The van der Waals surface area contributed by atoms with Crippen molar-refractivity contribution in [3.05, 3.63) is 448 Å². The molecule has 0 radical (unpaired) electrons. The van der Waals surface area contributed by atoms with Crippen LogP contribution in [0.1, 0.15) is 26.3 Å². The lowest BCUT2D eigenvalue weighted by atomic mass is 9.33. The van der Waals surface area contributed by atoms with E-state index in [4.69, 9.17) is 29.9 Å². The van der Waals surface area contributed by atoms with Crippen molar-refractivity contribution in [1.29, 1.82) is 0 Å². The SMILES string of the molecule is CC(C)(C)c1ccc2c(c1)Sc1ccccc1N2c1cc2c3c(c1)N(c1cccc([Si](c4ccccc4)(c4ccccc4)c4ccccc4)c1)c1ccc(-c4nc(-c5ccccc5)nc(-c5ccccc5)n4)cc1B3c1cc(-c3nc(-c4ccccc4)nc(-c4ccccc4)n3)ccc1N2c1cccc([Si](c2ccccc2)(c2ccccc2)c2ccccc2)c1. The van der Waals surface area contributed by atoms with E-state index in [1.54, 1.807) is 0 Å². The average Bonchev–Trinajstić information content (AvgIpc) is 0.689. The summed E-state index contributed by atoms with van der Waals surface area (Å²) in [6, 6.07) is 163. The molecule has 125 heavy (non-hydrogen) atoms. The highest BCUT2D eigenvalue weighted by molar-refractivity contribution is 7.99. The Bertz CT molecular complexity index is 6570. The Balaban J connectivity index is 0.885. The Morgan fingerprint density at radius 2 is 0.512 bits per heavy atom. The van der Waals surface area contributed by atoms with Crippen LogP contribution in [0.5, 0.6) is 0 Å². The number of nitrogens with zero attached hydrogens (tertiary/aromatic N) is 9. The average molecular weight is 1650 g/mol. The molecule has 0 bridgehead atoms. The van der Waals surface area contributed by atoms with Crippen LogP contribution in [-0.4, -0.2) is 52.8 Å². The fraction of sp³-hybridized carbons (Fsp3) is 0.0357. The lowest BCUT2D eigenvalue weighted by molar-refractivity contribution is 0.588. The molecule has 19 aromatic rings. The molecule has 13 heteroatoms. The van der Waals surface area contributed by atoms with Crippen LogP contribution in [0.15, 0.2) is 453 Å². The first-order valence-corrected chi connectivity index (χ1v) is 47.5. The molecule has 0 fully saturated rings. The Morgan fingerprint density at radius 1 is 0.224 bits per heavy atom. The minimum atomic E-state index is -3.22. The Hall–Kier alpha value is -15.0. The van der Waals surface area contributed by atoms with E-state index in [0.29, 0.717) is 34.9 Å². The Labute approximate surface area is 735 Å². The quantitative estimate of drug-likeness (QED) is 0.0649. The summed E-state index contributed by atoms with van der Waals surface area (Å²) in [5, 5.41) is 10.2. The van der Waals surface area contributed by atoms with Crippen molar-refractivity contribution in [3.8, 4) is 68.3 Å². The van der Waals surface area contributed by atoms with Crippen LogP contribution in [0.25, 0.3) is 68.3 Å². The Morgan fingerprint density at radius 3 is 0.856 bits per heavy atom. The number of aromatic nitrogens is 6. The summed E-state index contributed by atoms with van der Waals surface area (Å²) in [5.74, 6) is 3.41. The Kier molecular flexibility index (Phi) is 19.4. The van der Waals surface area contributed by atoms with Crippen molar-refractivity contribution in [2.45, 2.75) is 36.0 Å². The molecule has 9 nitrogen and oxygen atoms in total. The molecule has 0 spiro atoms. The van der Waals surface area contributed by atoms with Crippen LogP contribution in [0.3, 0.4) is 0 Å². The molecule has 17 aromatic carbocycles. The maximum absolute atomic E-state index is 5.54. The van der Waals surface area contributed by atoms with Gasteiger partial charge in [-0.25, -0.2) is 29.9 Å². The molecular weight excluding hydrogens is 1570 g/mol. The predicted octanol–water partition coefficient (Wildman–Crippen LogP) is 20.1. The van der Waals surface area contributed by atoms with Crippen LogP contribution in [0.2, 0.25) is 0 Å². The smallest absolute Gasteiger partial charge is 0.252 e. The molecule has 22 rings (SSSR count). The molecule has 3 aliphatic heterocycles. The van der Waals surface area contributed by atoms with Crippen molar-refractivity contribution >= 4 is 144 Å². The zero-order valence-corrected chi connectivity index (χ0v) is 72.0. The third-order valence-electron chi connectivity index (χ3n) is 24.9. The second-order valence-electron chi connectivity index (χ2n) is 33.3. The number of hydrogen-bond acceptors (Lipinski definition) is 10. The fourth-order valence-electron chi connectivity index (χ4n) is 19.2. The first kappa shape index (κ1) is 76.2. The first-order chi connectivity index (χ1) is 61.6. The molecular formula is C112H82BN9SSi2. The highest BCUT2D eigenvalue weighted by Gasteiger charge is 2.48. The third kappa shape index (κ3) is 13.4. The largest absolute Gasteiger partial charge is 0.311 e. The topological polar surface area (TPSA) is 87.1 Å². The van der Waals surface area contributed by atoms with Crippen molar-refractivity contribution < 1.29 is 0 Å². The molecule has 0 amide bonds. The maximum atomic E-state index is 5.54. The highest BCUT2D eigenvalue weighted by Crippen LogP contribution is 2.55. The molecule has 0 aliphatic carbocycles. The summed E-state index contributed by atoms with van der Waals surface area (Å²) in [7, 11) is -6.44. The highest BCUT2D eigenvalue weighted by atomic mass is 32.2. The molecule has 592 valence electrons. The van der Waals surface area contributed by atoms with Crippen LogP contribution in [-0.2, 0) is 5.41 Å². The number of hydrogen-bond donors (Lipinski definition) is 0. The molecule has 0 atom stereocenters. The molecule has 0 saturated carbocycles. The van der Waals surface area contributed by atoms with Gasteiger partial charge in [0.1, 0.15) is 0 Å². The maximum Gasteiger partial charge on any atom is 0.252 e. The van der Waals surface area contributed by atoms with Crippen LogP contribution >= 0.6 is 11.8 Å². The second kappa shape index (κ2) is 31.8. The second-order valence-corrected chi connectivity index (χ2v) is 42.0. The van der Waals surface area contributed by atoms with E-state index >= 15 is 0 Å². The molecule has 0 saturated heterocycles. The van der Waals surface area contributed by atoms with Crippen molar-refractivity contribution in [2.75, 3.05) is 14.7 Å². The first-order valence-electron chi connectivity index (χ1n) is 42.7. The summed E-state index contributed by atoms with van der Waals surface area (Å²) < 4.78 is 0. The number of para-hydroxylation sites is 1. The zero-order chi connectivity index (χ0) is 83.6. The van der Waals surface area contributed by atoms with Gasteiger partial charge in [0, 0.05) is 77.3 Å². The fourth-order valence-corrected chi connectivity index (χ4v) is 29.9. The van der Waals surface area contributed by atoms with E-state index in [2.05, 4.69) is 406 Å². The summed E-state index contributed by atoms with van der Waals surface area (Å²) in [5.41, 5.74) is 18.8. The minimum absolute atomic E-state index is 0.118. The summed E-state index contributed by atoms with van der Waals surface area (Å²) >= 11 is 1.85. The van der Waals surface area contributed by atoms with Gasteiger partial charge in [0.05, 0.1) is 17.1 Å². The van der Waals surface area contributed by atoms with E-state index < -0.39 is 22.9 Å². The lowest BCUT2D eigenvalue weighted by Gasteiger charge is -2.46. The summed E-state index contributed by atoms with van der Waals surface area (Å²) in [6.07, 6.45) is 0. The predicted molar refractivity (Wildman–Crippen MR) is 525 cm³/mol. The van der Waals surface area contributed by atoms with Crippen LogP contribution in [0.4, 0.5) is 51.2 Å². The number of fused-ring (bicyclic) bond motifs is 6. The zero-order valence-electron chi connectivity index (χ0n) is 69.2. The van der Waals surface area contributed by atoms with Gasteiger partial charge in [-0.2, -0.15) is 0 Å². The molecule has 2 aromatic heterocycles. The van der Waals surface area contributed by atoms with Crippen LogP contribution in [0, 0.1) is 0 Å². The van der Waals surface area contributed by atoms with E-state index in [-0.39, 0.29) is 5.41 Å². The monoisotopic (exact) mass is 1650 g/mol. The van der Waals surface area contributed by atoms with Gasteiger partial charge < -0.3 is 14.7 Å². The lowest BCUT2D eigenvalue weighted by Crippen LogP contribution is -2.74. The molecule has 0 unspecified atom stereocenters. The van der Waals surface area contributed by atoms with Gasteiger partial charge in [0.2, 0.25) is 0 Å². The van der Waals surface area contributed by atoms with Gasteiger partial charge in [-0.1, -0.05) is 390 Å². The van der Waals surface area contributed by atoms with Crippen molar-refractivity contribution in [1.82, 2.24) is 29.9 Å². The van der Waals surface area contributed by atoms with Gasteiger partial charge in [0.25, 0.3) is 6.71 Å². The third-order valence-corrected chi connectivity index (χ3v) is 35.6.